The Kier molecular flexibility index (Phi) is 12.9. The Morgan fingerprint density at radius 3 is 2.31 bits per heavy atom. The van der Waals surface area contributed by atoms with E-state index in [2.05, 4.69) is 16.0 Å². The molecule has 0 heterocycles. The molecule has 0 saturated carbocycles. The number of carbonyl (C=O) groups excluding carboxylic acids is 4. The number of benzene rings is 1. The number of methoxy groups -OCH3 is 1. The molecule has 0 aliphatic carbocycles. The smallest absolute Gasteiger partial charge is 0.408 e. The first-order valence-corrected chi connectivity index (χ1v) is 11.8. The highest BCUT2D eigenvalue weighted by atomic mass is 32.2. The lowest BCUT2D eigenvalue weighted by Gasteiger charge is -2.20. The number of ether oxygens (including phenoxy) is 2. The normalized spacial score (nSPS) is 12.4. The van der Waals surface area contributed by atoms with E-state index >= 15 is 0 Å². The minimum absolute atomic E-state index is 0.0794. The van der Waals surface area contributed by atoms with Gasteiger partial charge < -0.3 is 25.4 Å². The van der Waals surface area contributed by atoms with E-state index in [1.807, 2.05) is 50.4 Å². The van der Waals surface area contributed by atoms with Gasteiger partial charge in [0.1, 0.15) is 18.7 Å². The van der Waals surface area contributed by atoms with E-state index < -0.39 is 36.0 Å². The number of thioether (sulfide) groups is 1. The van der Waals surface area contributed by atoms with Crippen molar-refractivity contribution in [3.05, 3.63) is 35.9 Å². The van der Waals surface area contributed by atoms with Gasteiger partial charge in [0.25, 0.3) is 0 Å². The Bertz CT molecular complexity index is 744. The molecule has 178 valence electrons. The quantitative estimate of drug-likeness (QED) is 0.378. The molecule has 32 heavy (non-hydrogen) atoms. The number of carbonyl (C=O) groups is 4. The number of amides is 3. The van der Waals surface area contributed by atoms with Crippen LogP contribution in [-0.4, -0.2) is 61.6 Å². The van der Waals surface area contributed by atoms with E-state index in [9.17, 15) is 19.2 Å². The molecule has 0 saturated heterocycles. The van der Waals surface area contributed by atoms with Crippen LogP contribution in [0.25, 0.3) is 0 Å². The van der Waals surface area contributed by atoms with Gasteiger partial charge in [-0.15, -0.1) is 0 Å². The molecule has 0 radical (unpaired) electrons. The lowest BCUT2D eigenvalue weighted by Crippen LogP contribution is -2.51. The first-order chi connectivity index (χ1) is 15.3. The van der Waals surface area contributed by atoms with Crippen LogP contribution < -0.4 is 16.0 Å². The number of esters is 1. The Balaban J connectivity index is 2.58. The van der Waals surface area contributed by atoms with Gasteiger partial charge in [0.15, 0.2) is 0 Å². The summed E-state index contributed by atoms with van der Waals surface area (Å²) >= 11 is 1.54. The molecule has 0 fully saturated rings. The van der Waals surface area contributed by atoms with E-state index in [1.165, 1.54) is 18.9 Å². The molecule has 0 unspecified atom stereocenters. The summed E-state index contributed by atoms with van der Waals surface area (Å²) in [5.41, 5.74) is 0.825. The Labute approximate surface area is 193 Å². The molecule has 9 nitrogen and oxygen atoms in total. The van der Waals surface area contributed by atoms with Crippen LogP contribution >= 0.6 is 11.8 Å². The number of alkyl carbamates (subject to hydrolysis) is 1. The van der Waals surface area contributed by atoms with Crippen molar-refractivity contribution in [2.75, 3.05) is 25.7 Å². The fourth-order valence-electron chi connectivity index (χ4n) is 2.77. The van der Waals surface area contributed by atoms with Gasteiger partial charge in [0.2, 0.25) is 11.8 Å². The summed E-state index contributed by atoms with van der Waals surface area (Å²) in [6.45, 7) is 3.57. The van der Waals surface area contributed by atoms with Gasteiger partial charge in [0, 0.05) is 0 Å². The van der Waals surface area contributed by atoms with E-state index in [4.69, 9.17) is 9.47 Å². The van der Waals surface area contributed by atoms with E-state index in [1.54, 1.807) is 0 Å². The Morgan fingerprint density at radius 2 is 1.72 bits per heavy atom. The highest BCUT2D eigenvalue weighted by Crippen LogP contribution is 2.07. The summed E-state index contributed by atoms with van der Waals surface area (Å²) in [5.74, 6) is -0.796. The highest BCUT2D eigenvalue weighted by Gasteiger charge is 2.25. The number of rotatable bonds is 13. The second-order valence-corrected chi connectivity index (χ2v) is 8.52. The third kappa shape index (κ3) is 11.0. The summed E-state index contributed by atoms with van der Waals surface area (Å²) in [6, 6.07) is 7.54. The van der Waals surface area contributed by atoms with E-state index in [-0.39, 0.29) is 19.1 Å². The maximum Gasteiger partial charge on any atom is 0.408 e. The van der Waals surface area contributed by atoms with Crippen molar-refractivity contribution >= 4 is 35.6 Å². The van der Waals surface area contributed by atoms with Crippen molar-refractivity contribution < 1.29 is 28.7 Å². The monoisotopic (exact) mass is 467 g/mol. The molecule has 0 aliphatic heterocycles. The van der Waals surface area contributed by atoms with Crippen LogP contribution in [0.4, 0.5) is 4.79 Å². The van der Waals surface area contributed by atoms with Crippen LogP contribution in [0.5, 0.6) is 0 Å². The molecule has 0 spiro atoms. The molecule has 3 amide bonds. The van der Waals surface area contributed by atoms with Gasteiger partial charge in [-0.05, 0) is 36.3 Å². The standard InChI is InChI=1S/C22H33N3O6S/c1-15(2)12-18(25-22(29)31-14-16-8-6-5-7-9-16)20(27)23-13-19(26)24-17(10-11-32-4)21(28)30-3/h5-9,15,17-18H,10-14H2,1-4H3,(H,23,27)(H,24,26)(H,25,29)/t17-,18-/m0/s1. The van der Waals surface area contributed by atoms with E-state index in [0.29, 0.717) is 18.6 Å². The van der Waals surface area contributed by atoms with Gasteiger partial charge in [0.05, 0.1) is 13.7 Å². The maximum atomic E-state index is 12.6. The lowest BCUT2D eigenvalue weighted by molar-refractivity contribution is -0.145. The van der Waals surface area contributed by atoms with Crippen LogP contribution in [0.15, 0.2) is 30.3 Å². The molecule has 10 heteroatoms. The second-order valence-electron chi connectivity index (χ2n) is 7.53. The van der Waals surface area contributed by atoms with Gasteiger partial charge in [-0.1, -0.05) is 44.2 Å². The van der Waals surface area contributed by atoms with Crippen molar-refractivity contribution in [3.63, 3.8) is 0 Å². The molecule has 1 aromatic carbocycles. The summed E-state index contributed by atoms with van der Waals surface area (Å²) in [4.78, 5) is 48.8. The average molecular weight is 468 g/mol. The minimum atomic E-state index is -0.862. The predicted molar refractivity (Wildman–Crippen MR) is 123 cm³/mol. The van der Waals surface area contributed by atoms with E-state index in [0.717, 1.165) is 5.56 Å². The van der Waals surface area contributed by atoms with Gasteiger partial charge in [-0.25, -0.2) is 9.59 Å². The fourth-order valence-corrected chi connectivity index (χ4v) is 3.24. The summed E-state index contributed by atoms with van der Waals surface area (Å²) in [5, 5.41) is 7.63. The third-order valence-electron chi connectivity index (χ3n) is 4.38. The van der Waals surface area contributed by atoms with Crippen LogP contribution in [0.2, 0.25) is 0 Å². The van der Waals surface area contributed by atoms with Crippen molar-refractivity contribution in [2.24, 2.45) is 5.92 Å². The minimum Gasteiger partial charge on any atom is -0.467 e. The molecule has 0 aromatic heterocycles. The summed E-state index contributed by atoms with van der Waals surface area (Å²) in [7, 11) is 1.25. The van der Waals surface area contributed by atoms with Crippen molar-refractivity contribution in [2.45, 2.75) is 45.4 Å². The Hall–Kier alpha value is -2.75. The Morgan fingerprint density at radius 1 is 1.03 bits per heavy atom. The van der Waals surface area contributed by atoms with Crippen molar-refractivity contribution in [1.82, 2.24) is 16.0 Å². The van der Waals surface area contributed by atoms with Gasteiger partial charge in [-0.2, -0.15) is 11.8 Å². The fraction of sp³-hybridized carbons (Fsp3) is 0.545. The van der Waals surface area contributed by atoms with Crippen molar-refractivity contribution in [1.29, 1.82) is 0 Å². The van der Waals surface area contributed by atoms with Gasteiger partial charge in [-0.3, -0.25) is 9.59 Å². The zero-order valence-corrected chi connectivity index (χ0v) is 19.8. The van der Waals surface area contributed by atoms with Crippen LogP contribution in [0.1, 0.15) is 32.3 Å². The second kappa shape index (κ2) is 15.1. The van der Waals surface area contributed by atoms with Crippen molar-refractivity contribution in [3.8, 4) is 0 Å². The largest absolute Gasteiger partial charge is 0.467 e. The molecule has 2 atom stereocenters. The third-order valence-corrected chi connectivity index (χ3v) is 5.03. The number of hydrogen-bond donors (Lipinski definition) is 3. The maximum absolute atomic E-state index is 12.6. The zero-order valence-electron chi connectivity index (χ0n) is 19.0. The summed E-state index contributed by atoms with van der Waals surface area (Å²) < 4.78 is 9.89. The average Bonchev–Trinajstić information content (AvgIpc) is 2.78. The van der Waals surface area contributed by atoms with Crippen LogP contribution in [0.3, 0.4) is 0 Å². The molecular formula is C22H33N3O6S. The molecule has 1 aromatic rings. The topological polar surface area (TPSA) is 123 Å². The lowest BCUT2D eigenvalue weighted by atomic mass is 10.0. The molecule has 0 aliphatic rings. The molecular weight excluding hydrogens is 434 g/mol. The predicted octanol–water partition coefficient (Wildman–Crippen LogP) is 1.85. The van der Waals surface area contributed by atoms with Crippen LogP contribution in [-0.2, 0) is 30.5 Å². The molecule has 0 bridgehead atoms. The summed E-state index contributed by atoms with van der Waals surface area (Å²) in [6.07, 6.45) is 1.95. The molecule has 3 N–H and O–H groups in total. The van der Waals surface area contributed by atoms with Crippen LogP contribution in [0, 0.1) is 5.92 Å². The zero-order chi connectivity index (χ0) is 23.9. The first-order valence-electron chi connectivity index (χ1n) is 10.4. The SMILES string of the molecule is COC(=O)[C@H](CCSC)NC(=O)CNC(=O)[C@H](CC(C)C)NC(=O)OCc1ccccc1. The highest BCUT2D eigenvalue weighted by molar-refractivity contribution is 7.98. The number of hydrogen-bond acceptors (Lipinski definition) is 7. The molecule has 1 rings (SSSR count). The first kappa shape index (κ1) is 27.3. The number of nitrogens with one attached hydrogen (secondary N) is 3. The van der Waals surface area contributed by atoms with Gasteiger partial charge >= 0.3 is 12.1 Å².